The number of H-pyrrole nitrogens is 1. The number of quaternary nitrogens is 1. The van der Waals surface area contributed by atoms with Crippen molar-refractivity contribution in [3.8, 4) is 0 Å². The van der Waals surface area contributed by atoms with Gasteiger partial charge in [0.05, 0.1) is 39.0 Å². The maximum atomic E-state index is 13.1. The SMILES string of the molecule is COC(=O)c1[nH]c2ccc(Cl)cc2c1NC(=O)[C@@H](C)[NH+]1CCN(c2ccccc2)CC1. The predicted molar refractivity (Wildman–Crippen MR) is 122 cm³/mol. The minimum atomic E-state index is -0.543. The Morgan fingerprint density at radius 2 is 1.87 bits per heavy atom. The van der Waals surface area contributed by atoms with Crippen LogP contribution in [0.25, 0.3) is 10.9 Å². The minimum Gasteiger partial charge on any atom is -0.464 e. The number of nitrogens with zero attached hydrogens (tertiary/aromatic N) is 1. The summed E-state index contributed by atoms with van der Waals surface area (Å²) in [5, 5.41) is 4.15. The van der Waals surface area contributed by atoms with Gasteiger partial charge in [-0.1, -0.05) is 29.8 Å². The summed E-state index contributed by atoms with van der Waals surface area (Å²) in [7, 11) is 1.31. The summed E-state index contributed by atoms with van der Waals surface area (Å²) in [5.74, 6) is -0.687. The van der Waals surface area contributed by atoms with Crippen LogP contribution in [0.2, 0.25) is 5.02 Å². The maximum absolute atomic E-state index is 13.1. The fourth-order valence-corrected chi connectivity index (χ4v) is 4.26. The minimum absolute atomic E-state index is 0.144. The number of esters is 1. The lowest BCUT2D eigenvalue weighted by molar-refractivity contribution is -0.914. The number of amides is 1. The van der Waals surface area contributed by atoms with Crippen LogP contribution in [-0.2, 0) is 9.53 Å². The number of hydrogen-bond acceptors (Lipinski definition) is 4. The smallest absolute Gasteiger partial charge is 0.356 e. The Bertz CT molecular complexity index is 1090. The summed E-state index contributed by atoms with van der Waals surface area (Å²) < 4.78 is 4.88. The molecule has 162 valence electrons. The highest BCUT2D eigenvalue weighted by atomic mass is 35.5. The lowest BCUT2D eigenvalue weighted by Crippen LogP contribution is -3.19. The van der Waals surface area contributed by atoms with Crippen molar-refractivity contribution in [2.75, 3.05) is 43.5 Å². The summed E-state index contributed by atoms with van der Waals surface area (Å²) >= 11 is 6.15. The number of para-hydroxylation sites is 1. The Balaban J connectivity index is 1.49. The number of ether oxygens (including phenoxy) is 1. The first-order valence-electron chi connectivity index (χ1n) is 10.3. The van der Waals surface area contributed by atoms with Gasteiger partial charge in [0.15, 0.2) is 6.04 Å². The average Bonchev–Trinajstić information content (AvgIpc) is 3.16. The Labute approximate surface area is 185 Å². The lowest BCUT2D eigenvalue weighted by atomic mass is 10.1. The van der Waals surface area contributed by atoms with Crippen LogP contribution in [-0.4, -0.2) is 56.2 Å². The summed E-state index contributed by atoms with van der Waals surface area (Å²) in [6.45, 7) is 5.39. The molecule has 0 bridgehead atoms. The van der Waals surface area contributed by atoms with E-state index in [1.807, 2.05) is 25.1 Å². The summed E-state index contributed by atoms with van der Waals surface area (Å²) in [6, 6.07) is 15.3. The third-order valence-corrected chi connectivity index (χ3v) is 6.17. The van der Waals surface area contributed by atoms with E-state index in [2.05, 4.69) is 27.3 Å². The second-order valence-electron chi connectivity index (χ2n) is 7.75. The largest absolute Gasteiger partial charge is 0.464 e. The maximum Gasteiger partial charge on any atom is 0.356 e. The summed E-state index contributed by atoms with van der Waals surface area (Å²) in [4.78, 5) is 31.9. The molecule has 0 unspecified atom stereocenters. The van der Waals surface area contributed by atoms with Crippen molar-refractivity contribution in [1.29, 1.82) is 0 Å². The van der Waals surface area contributed by atoms with Crippen molar-refractivity contribution in [1.82, 2.24) is 4.98 Å². The van der Waals surface area contributed by atoms with Crippen molar-refractivity contribution in [3.05, 3.63) is 59.2 Å². The van der Waals surface area contributed by atoms with Gasteiger partial charge >= 0.3 is 5.97 Å². The standard InChI is InChI=1S/C23H25ClN4O3/c1-15(27-10-12-28(13-11-27)17-6-4-3-5-7-17)22(29)26-20-18-14-16(24)8-9-19(18)25-21(20)23(30)31-2/h3-9,14-15,25H,10-13H2,1-2H3,(H,26,29)/p+1/t15-/m1/s1. The number of benzene rings is 2. The number of hydrogen-bond donors (Lipinski definition) is 3. The van der Waals surface area contributed by atoms with E-state index in [1.165, 1.54) is 17.7 Å². The van der Waals surface area contributed by atoms with Gasteiger partial charge in [-0.25, -0.2) is 4.79 Å². The number of anilines is 2. The molecule has 1 amide bonds. The van der Waals surface area contributed by atoms with Crippen LogP contribution in [0.4, 0.5) is 11.4 Å². The monoisotopic (exact) mass is 441 g/mol. The molecule has 1 saturated heterocycles. The van der Waals surface area contributed by atoms with Gasteiger partial charge in [-0.3, -0.25) is 4.79 Å². The highest BCUT2D eigenvalue weighted by Gasteiger charge is 2.31. The molecular weight excluding hydrogens is 416 g/mol. The average molecular weight is 442 g/mol. The molecule has 0 saturated carbocycles. The predicted octanol–water partition coefficient (Wildman–Crippen LogP) is 2.34. The first-order valence-corrected chi connectivity index (χ1v) is 10.7. The van der Waals surface area contributed by atoms with Crippen LogP contribution in [0.5, 0.6) is 0 Å². The Hall–Kier alpha value is -3.03. The van der Waals surface area contributed by atoms with Gasteiger partial charge in [-0.05, 0) is 37.3 Å². The molecule has 0 radical (unpaired) electrons. The molecule has 1 atom stereocenters. The molecule has 8 heteroatoms. The van der Waals surface area contributed by atoms with E-state index < -0.39 is 5.97 Å². The van der Waals surface area contributed by atoms with E-state index in [4.69, 9.17) is 16.3 Å². The van der Waals surface area contributed by atoms with Crippen LogP contribution in [0, 0.1) is 0 Å². The molecule has 1 aromatic heterocycles. The molecule has 1 aliphatic rings. The fraction of sp³-hybridized carbons (Fsp3) is 0.304. The molecule has 2 aromatic carbocycles. The van der Waals surface area contributed by atoms with E-state index in [0.29, 0.717) is 21.6 Å². The first-order chi connectivity index (χ1) is 15.0. The zero-order chi connectivity index (χ0) is 22.0. The zero-order valence-corrected chi connectivity index (χ0v) is 18.3. The van der Waals surface area contributed by atoms with Crippen molar-refractivity contribution >= 4 is 45.8 Å². The molecular formula is C23H26ClN4O3+. The Kier molecular flexibility index (Phi) is 6.15. The van der Waals surface area contributed by atoms with Gasteiger partial charge in [0.2, 0.25) is 0 Å². The third kappa shape index (κ3) is 4.38. The van der Waals surface area contributed by atoms with Crippen LogP contribution in [0.15, 0.2) is 48.5 Å². The molecule has 0 spiro atoms. The summed E-state index contributed by atoms with van der Waals surface area (Å²) in [6.07, 6.45) is 0. The van der Waals surface area contributed by atoms with Crippen LogP contribution in [0.3, 0.4) is 0 Å². The molecule has 31 heavy (non-hydrogen) atoms. The van der Waals surface area contributed by atoms with Crippen LogP contribution < -0.4 is 15.1 Å². The van der Waals surface area contributed by atoms with Crippen molar-refractivity contribution < 1.29 is 19.2 Å². The summed E-state index contributed by atoms with van der Waals surface area (Å²) in [5.41, 5.74) is 2.53. The van der Waals surface area contributed by atoms with Crippen molar-refractivity contribution in [2.24, 2.45) is 0 Å². The van der Waals surface area contributed by atoms with Crippen LogP contribution >= 0.6 is 11.6 Å². The zero-order valence-electron chi connectivity index (χ0n) is 17.6. The highest BCUT2D eigenvalue weighted by molar-refractivity contribution is 6.31. The normalized spacial score (nSPS) is 15.6. The number of piperazine rings is 1. The number of nitrogens with one attached hydrogen (secondary N) is 3. The van der Waals surface area contributed by atoms with E-state index >= 15 is 0 Å². The van der Waals surface area contributed by atoms with E-state index in [1.54, 1.807) is 18.2 Å². The molecule has 4 rings (SSSR count). The number of carbonyl (C=O) groups is 2. The number of methoxy groups -OCH3 is 1. The van der Waals surface area contributed by atoms with Crippen molar-refractivity contribution in [2.45, 2.75) is 13.0 Å². The number of halogens is 1. The molecule has 1 fully saturated rings. The van der Waals surface area contributed by atoms with Gasteiger partial charge in [-0.15, -0.1) is 0 Å². The topological polar surface area (TPSA) is 78.9 Å². The number of carbonyl (C=O) groups excluding carboxylic acids is 2. The first kappa shape index (κ1) is 21.2. The second-order valence-corrected chi connectivity index (χ2v) is 8.18. The third-order valence-electron chi connectivity index (χ3n) is 5.93. The van der Waals surface area contributed by atoms with Gasteiger partial charge in [0.25, 0.3) is 5.91 Å². The number of fused-ring (bicyclic) bond motifs is 1. The quantitative estimate of drug-likeness (QED) is 0.531. The Morgan fingerprint density at radius 3 is 2.55 bits per heavy atom. The molecule has 7 nitrogen and oxygen atoms in total. The fourth-order valence-electron chi connectivity index (χ4n) is 4.09. The van der Waals surface area contributed by atoms with Gasteiger partial charge < -0.3 is 24.8 Å². The number of rotatable bonds is 5. The van der Waals surface area contributed by atoms with Gasteiger partial charge in [-0.2, -0.15) is 0 Å². The van der Waals surface area contributed by atoms with Gasteiger partial charge in [0.1, 0.15) is 5.69 Å². The second kappa shape index (κ2) is 8.99. The number of aromatic nitrogens is 1. The molecule has 3 N–H and O–H groups in total. The van der Waals surface area contributed by atoms with Crippen LogP contribution in [0.1, 0.15) is 17.4 Å². The molecule has 1 aliphatic heterocycles. The highest BCUT2D eigenvalue weighted by Crippen LogP contribution is 2.30. The van der Waals surface area contributed by atoms with Crippen molar-refractivity contribution in [3.63, 3.8) is 0 Å². The van der Waals surface area contributed by atoms with E-state index in [-0.39, 0.29) is 17.6 Å². The van der Waals surface area contributed by atoms with Gasteiger partial charge in [0, 0.05) is 21.6 Å². The van der Waals surface area contributed by atoms with E-state index in [9.17, 15) is 9.59 Å². The molecule has 2 heterocycles. The molecule has 0 aliphatic carbocycles. The van der Waals surface area contributed by atoms with E-state index in [0.717, 1.165) is 26.2 Å². The number of aromatic amines is 1. The lowest BCUT2D eigenvalue weighted by Gasteiger charge is -2.36. The molecule has 3 aromatic rings. The Morgan fingerprint density at radius 1 is 1.16 bits per heavy atom.